The van der Waals surface area contributed by atoms with Gasteiger partial charge >= 0.3 is 11.9 Å². The topological polar surface area (TPSA) is 228 Å². The van der Waals surface area contributed by atoms with Gasteiger partial charge in [0.15, 0.2) is 12.4 Å². The monoisotopic (exact) mass is 774 g/mol. The molecule has 5 N–H and O–H groups in total. The largest absolute Gasteiger partial charge is 0.507 e. The number of aliphatic hydroxyl groups is 2. The molecule has 0 radical (unpaired) electrons. The van der Waals surface area contributed by atoms with E-state index in [1.807, 2.05) is 19.9 Å². The van der Waals surface area contributed by atoms with Crippen molar-refractivity contribution in [2.24, 2.45) is 11.8 Å². The van der Waals surface area contributed by atoms with E-state index in [-0.39, 0.29) is 38.7 Å². The van der Waals surface area contributed by atoms with Gasteiger partial charge in [-0.05, 0) is 31.5 Å². The van der Waals surface area contributed by atoms with Crippen molar-refractivity contribution in [1.29, 1.82) is 0 Å². The van der Waals surface area contributed by atoms with Gasteiger partial charge in [0.2, 0.25) is 5.91 Å². The highest BCUT2D eigenvalue weighted by atomic mass is 16.7. The minimum Gasteiger partial charge on any atom is -0.507 e. The zero-order valence-corrected chi connectivity index (χ0v) is 32.1. The number of nitrogens with one attached hydrogen (secondary N) is 2. The highest BCUT2D eigenvalue weighted by Gasteiger charge is 2.51. The highest BCUT2D eigenvalue weighted by Crippen LogP contribution is 2.33. The molecule has 2 saturated heterocycles. The van der Waals surface area contributed by atoms with Crippen LogP contribution in [0.15, 0.2) is 18.2 Å². The van der Waals surface area contributed by atoms with Crippen LogP contribution in [0.5, 0.6) is 5.75 Å². The second kappa shape index (κ2) is 23.2. The second-order valence-electron chi connectivity index (χ2n) is 12.8. The lowest BCUT2D eigenvalue weighted by Gasteiger charge is -2.44. The van der Waals surface area contributed by atoms with Gasteiger partial charge in [0, 0.05) is 72.6 Å². The molecular formula is C36H58N2O16. The third-order valence-electron chi connectivity index (χ3n) is 9.16. The Labute approximate surface area is 315 Å². The standard InChI is InChI=1S/C36H58N2O16/c1-8-50-36(51-9-2)22-11-10-21(14-25(22)40)15-37-12-13-38-34(43)32-24(30(47-6)28(41)26(53-32)18-46-5)17-49-19-27-29(42)31(52-20(3)39)23(16-45-4)33(54-27)35(44)48-7/h10-11,14,23-24,26-33,36-37,40-42H,8-9,12-13,15-19H2,1-7H3,(H,38,43). The van der Waals surface area contributed by atoms with Crippen LogP contribution in [0.1, 0.15) is 38.2 Å². The summed E-state index contributed by atoms with van der Waals surface area (Å²) in [7, 11) is 5.40. The van der Waals surface area contributed by atoms with Crippen LogP contribution in [0.4, 0.5) is 0 Å². The van der Waals surface area contributed by atoms with Crippen molar-refractivity contribution in [3.05, 3.63) is 29.3 Å². The number of amides is 1. The number of benzene rings is 1. The van der Waals surface area contributed by atoms with Crippen molar-refractivity contribution in [1.82, 2.24) is 10.6 Å². The van der Waals surface area contributed by atoms with Gasteiger partial charge < -0.3 is 73.3 Å². The summed E-state index contributed by atoms with van der Waals surface area (Å²) in [5, 5.41) is 38.9. The van der Waals surface area contributed by atoms with Crippen molar-refractivity contribution < 1.29 is 77.1 Å². The molecular weight excluding hydrogens is 716 g/mol. The average Bonchev–Trinajstić information content (AvgIpc) is 3.14. The number of hydrogen-bond acceptors (Lipinski definition) is 17. The zero-order valence-electron chi connectivity index (χ0n) is 32.1. The van der Waals surface area contributed by atoms with Crippen LogP contribution < -0.4 is 10.6 Å². The molecule has 1 aromatic rings. The van der Waals surface area contributed by atoms with E-state index in [4.69, 9.17) is 47.4 Å². The SMILES string of the molecule is CCOC(OCC)c1ccc(CNCCNC(=O)C2OC(COC)C(O)C(OC)C2COCC2OC(C(=O)OC)C(COC)C(OC(C)=O)C2O)cc1O. The van der Waals surface area contributed by atoms with Crippen molar-refractivity contribution in [2.75, 3.05) is 81.2 Å². The maximum absolute atomic E-state index is 13.6. The summed E-state index contributed by atoms with van der Waals surface area (Å²) in [6.07, 6.45) is -9.81. The number of ether oxygens (including phenoxy) is 10. The number of phenolic OH excluding ortho intramolecular Hbond substituents is 1. The molecule has 2 heterocycles. The van der Waals surface area contributed by atoms with Gasteiger partial charge in [0.25, 0.3) is 0 Å². The summed E-state index contributed by atoms with van der Waals surface area (Å²) in [6, 6.07) is 5.22. The lowest BCUT2D eigenvalue weighted by molar-refractivity contribution is -0.243. The predicted octanol–water partition coefficient (Wildman–Crippen LogP) is -0.412. The number of carbonyl (C=O) groups is 3. The molecule has 0 aromatic heterocycles. The summed E-state index contributed by atoms with van der Waals surface area (Å²) >= 11 is 0. The number of hydrogen-bond donors (Lipinski definition) is 5. The van der Waals surface area contributed by atoms with E-state index in [1.54, 1.807) is 12.1 Å². The summed E-state index contributed by atoms with van der Waals surface area (Å²) < 4.78 is 55.4. The predicted molar refractivity (Wildman–Crippen MR) is 188 cm³/mol. The first-order valence-corrected chi connectivity index (χ1v) is 18.0. The minimum absolute atomic E-state index is 0.0152. The molecule has 18 nitrogen and oxygen atoms in total. The lowest BCUT2D eigenvalue weighted by Crippen LogP contribution is -2.62. The molecule has 10 unspecified atom stereocenters. The third kappa shape index (κ3) is 12.2. The second-order valence-corrected chi connectivity index (χ2v) is 12.8. The normalized spacial score (nSPS) is 28.5. The number of rotatable bonds is 22. The molecule has 0 aliphatic carbocycles. The Morgan fingerprint density at radius 1 is 0.833 bits per heavy atom. The number of aliphatic hydroxyl groups excluding tert-OH is 2. The number of aromatic hydroxyl groups is 1. The van der Waals surface area contributed by atoms with E-state index < -0.39 is 84.8 Å². The Kier molecular flexibility index (Phi) is 19.5. The van der Waals surface area contributed by atoms with Crippen molar-refractivity contribution in [3.8, 4) is 5.75 Å². The van der Waals surface area contributed by atoms with Gasteiger partial charge in [-0.2, -0.15) is 0 Å². The molecule has 1 aromatic carbocycles. The van der Waals surface area contributed by atoms with E-state index in [2.05, 4.69) is 10.6 Å². The first-order chi connectivity index (χ1) is 25.9. The third-order valence-corrected chi connectivity index (χ3v) is 9.16. The fourth-order valence-electron chi connectivity index (χ4n) is 6.63. The van der Waals surface area contributed by atoms with Crippen LogP contribution in [0, 0.1) is 11.8 Å². The molecule has 1 amide bonds. The number of phenols is 1. The van der Waals surface area contributed by atoms with Gasteiger partial charge in [-0.15, -0.1) is 0 Å². The molecule has 0 saturated carbocycles. The molecule has 2 aliphatic rings. The highest BCUT2D eigenvalue weighted by molar-refractivity contribution is 5.81. The molecule has 2 aliphatic heterocycles. The van der Waals surface area contributed by atoms with Crippen molar-refractivity contribution >= 4 is 17.8 Å². The fourth-order valence-corrected chi connectivity index (χ4v) is 6.63. The van der Waals surface area contributed by atoms with Crippen LogP contribution >= 0.6 is 0 Å². The summed E-state index contributed by atoms with van der Waals surface area (Å²) in [5.74, 6) is -3.59. The maximum Gasteiger partial charge on any atom is 0.335 e. The van der Waals surface area contributed by atoms with Crippen LogP contribution in [0.3, 0.4) is 0 Å². The Hall–Kier alpha value is -3.01. The molecule has 2 fully saturated rings. The first-order valence-electron chi connectivity index (χ1n) is 18.0. The van der Waals surface area contributed by atoms with E-state index in [9.17, 15) is 29.7 Å². The van der Waals surface area contributed by atoms with Gasteiger partial charge in [-0.25, -0.2) is 4.79 Å². The van der Waals surface area contributed by atoms with E-state index in [0.717, 1.165) is 5.56 Å². The summed E-state index contributed by atoms with van der Waals surface area (Å²) in [5.41, 5.74) is 1.33. The van der Waals surface area contributed by atoms with E-state index in [0.29, 0.717) is 31.9 Å². The Bertz CT molecular complexity index is 1300. The Morgan fingerprint density at radius 3 is 2.06 bits per heavy atom. The molecule has 0 bridgehead atoms. The number of carbonyl (C=O) groups excluding carboxylic acids is 3. The molecule has 18 heteroatoms. The minimum atomic E-state index is -1.41. The molecule has 308 valence electrons. The fraction of sp³-hybridized carbons (Fsp3) is 0.750. The van der Waals surface area contributed by atoms with Crippen LogP contribution in [0.2, 0.25) is 0 Å². The van der Waals surface area contributed by atoms with Crippen LogP contribution in [0.25, 0.3) is 0 Å². The average molecular weight is 775 g/mol. The molecule has 0 spiro atoms. The van der Waals surface area contributed by atoms with Gasteiger partial charge in [0.1, 0.15) is 42.4 Å². The smallest absolute Gasteiger partial charge is 0.335 e. The first kappa shape index (κ1) is 45.4. The van der Waals surface area contributed by atoms with E-state index in [1.165, 1.54) is 35.4 Å². The quantitative estimate of drug-likeness (QED) is 0.0573. The maximum atomic E-state index is 13.6. The summed E-state index contributed by atoms with van der Waals surface area (Å²) in [4.78, 5) is 38.2. The molecule has 54 heavy (non-hydrogen) atoms. The van der Waals surface area contributed by atoms with Gasteiger partial charge in [-0.3, -0.25) is 9.59 Å². The Morgan fingerprint density at radius 2 is 1.46 bits per heavy atom. The number of esters is 2. The van der Waals surface area contributed by atoms with Crippen molar-refractivity contribution in [3.63, 3.8) is 0 Å². The van der Waals surface area contributed by atoms with Crippen molar-refractivity contribution in [2.45, 2.75) is 82.4 Å². The number of methoxy groups -OCH3 is 4. The van der Waals surface area contributed by atoms with Gasteiger partial charge in [0.05, 0.1) is 45.6 Å². The van der Waals surface area contributed by atoms with Crippen LogP contribution in [-0.2, 0) is 68.3 Å². The Balaban J connectivity index is 1.66. The van der Waals surface area contributed by atoms with Gasteiger partial charge in [-0.1, -0.05) is 6.07 Å². The zero-order chi connectivity index (χ0) is 39.8. The molecule has 3 rings (SSSR count). The van der Waals surface area contributed by atoms with Crippen LogP contribution in [-0.4, -0.2) is 163 Å². The molecule has 10 atom stereocenters. The van der Waals surface area contributed by atoms with E-state index >= 15 is 0 Å². The lowest BCUT2D eigenvalue weighted by atomic mass is 9.86. The summed E-state index contributed by atoms with van der Waals surface area (Å²) in [6.45, 7) is 6.09.